The predicted octanol–water partition coefficient (Wildman–Crippen LogP) is 4.88. The molecule has 8 rings (SSSR count). The van der Waals surface area contributed by atoms with E-state index >= 15 is 0 Å². The van der Waals surface area contributed by atoms with Crippen LogP contribution in [-0.4, -0.2) is 10.8 Å². The second-order valence-electron chi connectivity index (χ2n) is 10.8. The fraction of sp³-hybridized carbons (Fsp3) is 0.952. The molecule has 24 heavy (non-hydrogen) atoms. The lowest BCUT2D eigenvalue weighted by atomic mass is 9.50. The highest BCUT2D eigenvalue weighted by atomic mass is 35.5. The van der Waals surface area contributed by atoms with Crippen molar-refractivity contribution in [2.75, 3.05) is 0 Å². The number of rotatable bonds is 1. The van der Waals surface area contributed by atoms with Gasteiger partial charge in [-0.1, -0.05) is 0 Å². The average molecular weight is 350 g/mol. The molecule has 2 N–H and O–H groups in total. The predicted molar refractivity (Wildman–Crippen MR) is 96.6 cm³/mol. The van der Waals surface area contributed by atoms with Crippen molar-refractivity contribution in [2.45, 2.75) is 82.6 Å². The van der Waals surface area contributed by atoms with Crippen LogP contribution in [0.25, 0.3) is 0 Å². The van der Waals surface area contributed by atoms with Gasteiger partial charge in [0, 0.05) is 11.0 Å². The summed E-state index contributed by atoms with van der Waals surface area (Å²) in [7, 11) is 0. The summed E-state index contributed by atoms with van der Waals surface area (Å²) < 4.78 is 0. The van der Waals surface area contributed by atoms with Gasteiger partial charge in [-0.25, -0.2) is 0 Å². The first-order valence-electron chi connectivity index (χ1n) is 10.4. The first-order chi connectivity index (χ1) is 11.4. The van der Waals surface area contributed by atoms with Gasteiger partial charge in [0.05, 0.1) is 0 Å². The highest BCUT2D eigenvalue weighted by Crippen LogP contribution is 2.60. The van der Waals surface area contributed by atoms with E-state index in [9.17, 15) is 4.79 Å². The van der Waals surface area contributed by atoms with E-state index in [1.54, 1.807) is 0 Å². The lowest BCUT2D eigenvalue weighted by Gasteiger charge is -2.55. The van der Waals surface area contributed by atoms with Crippen molar-refractivity contribution in [2.24, 2.45) is 46.7 Å². The third-order valence-electron chi connectivity index (χ3n) is 8.54. The van der Waals surface area contributed by atoms with Crippen LogP contribution in [0.1, 0.15) is 77.0 Å². The smallest absolute Gasteiger partial charge is 0.227 e. The SMILES string of the molecule is NC12CC3CC(CC(C3)C1)C2.O=C(Cl)C12CC3CC(CC(C3)C1)C2. The van der Waals surface area contributed by atoms with Gasteiger partial charge in [0.25, 0.3) is 0 Å². The minimum atomic E-state index is -0.0731. The number of carbonyl (C=O) groups excluding carboxylic acids is 1. The third-order valence-corrected chi connectivity index (χ3v) is 8.94. The first kappa shape index (κ1) is 16.1. The molecule has 0 radical (unpaired) electrons. The Morgan fingerprint density at radius 1 is 0.667 bits per heavy atom. The Bertz CT molecular complexity index is 471. The largest absolute Gasteiger partial charge is 0.325 e. The van der Waals surface area contributed by atoms with Gasteiger partial charge >= 0.3 is 0 Å². The third kappa shape index (κ3) is 2.67. The summed E-state index contributed by atoms with van der Waals surface area (Å²) in [4.78, 5) is 11.5. The van der Waals surface area contributed by atoms with Crippen LogP contribution >= 0.6 is 11.6 Å². The first-order valence-corrected chi connectivity index (χ1v) is 10.8. The molecule has 0 amide bonds. The van der Waals surface area contributed by atoms with Crippen molar-refractivity contribution in [3.8, 4) is 0 Å². The van der Waals surface area contributed by atoms with E-state index in [4.69, 9.17) is 17.3 Å². The second-order valence-corrected chi connectivity index (χ2v) is 11.1. The fourth-order valence-electron chi connectivity index (χ4n) is 8.53. The van der Waals surface area contributed by atoms with Gasteiger partial charge in [0.1, 0.15) is 0 Å². The van der Waals surface area contributed by atoms with Gasteiger partial charge in [-0.15, -0.1) is 0 Å². The molecule has 2 nitrogen and oxygen atoms in total. The number of carbonyl (C=O) groups is 1. The summed E-state index contributed by atoms with van der Waals surface area (Å²) in [5.74, 6) is 5.54. The van der Waals surface area contributed by atoms with Crippen LogP contribution in [0.15, 0.2) is 0 Å². The van der Waals surface area contributed by atoms with Gasteiger partial charge < -0.3 is 5.73 Å². The fourth-order valence-corrected chi connectivity index (χ4v) is 8.76. The van der Waals surface area contributed by atoms with Gasteiger partial charge in [-0.3, -0.25) is 4.79 Å². The van der Waals surface area contributed by atoms with Crippen LogP contribution in [0.3, 0.4) is 0 Å². The molecule has 134 valence electrons. The summed E-state index contributed by atoms with van der Waals surface area (Å²) in [6, 6.07) is 0. The molecule has 0 saturated heterocycles. The van der Waals surface area contributed by atoms with Crippen LogP contribution in [0.5, 0.6) is 0 Å². The molecule has 8 aliphatic carbocycles. The molecule has 0 unspecified atom stereocenters. The van der Waals surface area contributed by atoms with Gasteiger partial charge in [0.2, 0.25) is 5.24 Å². The Morgan fingerprint density at radius 2 is 0.958 bits per heavy atom. The number of nitrogens with two attached hydrogens (primary N) is 1. The maximum Gasteiger partial charge on any atom is 0.227 e. The maximum absolute atomic E-state index is 11.5. The van der Waals surface area contributed by atoms with E-state index in [1.807, 2.05) is 0 Å². The summed E-state index contributed by atoms with van der Waals surface area (Å²) in [5.41, 5.74) is 6.55. The van der Waals surface area contributed by atoms with Crippen molar-refractivity contribution in [3.05, 3.63) is 0 Å². The Hall–Kier alpha value is -0.0800. The summed E-state index contributed by atoms with van der Waals surface area (Å²) >= 11 is 5.76. The van der Waals surface area contributed by atoms with Crippen LogP contribution < -0.4 is 5.73 Å². The van der Waals surface area contributed by atoms with Crippen LogP contribution in [0, 0.1) is 40.9 Å². The lowest BCUT2D eigenvalue weighted by Crippen LogP contribution is -2.55. The van der Waals surface area contributed by atoms with Crippen molar-refractivity contribution in [1.29, 1.82) is 0 Å². The molecular formula is C21H32ClNO. The normalized spacial score (nSPS) is 56.1. The zero-order valence-corrected chi connectivity index (χ0v) is 15.6. The molecule has 0 spiro atoms. The molecule has 8 aliphatic rings. The maximum atomic E-state index is 11.5. The summed E-state index contributed by atoms with van der Waals surface area (Å²) in [6.45, 7) is 0. The second kappa shape index (κ2) is 5.46. The van der Waals surface area contributed by atoms with Gasteiger partial charge in [-0.2, -0.15) is 0 Å². The molecule has 0 aromatic heterocycles. The Kier molecular flexibility index (Phi) is 3.67. The van der Waals surface area contributed by atoms with Crippen LogP contribution in [-0.2, 0) is 4.79 Å². The van der Waals surface area contributed by atoms with Crippen LogP contribution in [0.2, 0.25) is 0 Å². The number of hydrogen-bond acceptors (Lipinski definition) is 2. The highest BCUT2D eigenvalue weighted by molar-refractivity contribution is 6.64. The van der Waals surface area contributed by atoms with E-state index < -0.39 is 0 Å². The van der Waals surface area contributed by atoms with E-state index in [1.165, 1.54) is 57.8 Å². The number of hydrogen-bond donors (Lipinski definition) is 1. The van der Waals surface area contributed by atoms with Crippen molar-refractivity contribution in [3.63, 3.8) is 0 Å². The minimum absolute atomic E-state index is 0.0356. The quantitative estimate of drug-likeness (QED) is 0.685. The minimum Gasteiger partial charge on any atom is -0.325 e. The summed E-state index contributed by atoms with van der Waals surface area (Å²) in [6.07, 6.45) is 16.0. The van der Waals surface area contributed by atoms with Crippen molar-refractivity contribution < 1.29 is 4.79 Å². The van der Waals surface area contributed by atoms with E-state index in [2.05, 4.69) is 0 Å². The zero-order valence-electron chi connectivity index (χ0n) is 14.8. The molecule has 0 aromatic rings. The molecule has 3 heteroatoms. The van der Waals surface area contributed by atoms with Crippen LogP contribution in [0.4, 0.5) is 0 Å². The highest BCUT2D eigenvalue weighted by Gasteiger charge is 2.54. The Balaban J connectivity index is 0.000000110. The van der Waals surface area contributed by atoms with E-state index in [0.717, 1.165) is 54.8 Å². The standard InChI is InChI=1S/C11H15ClO.C10H17N/c12-10(13)11-4-7-1-8(5-11)3-9(2-7)6-11;11-10-4-7-1-8(5-10)3-9(2-7)6-10/h7-9H,1-6H2;7-9H,1-6,11H2. The molecule has 0 heterocycles. The van der Waals surface area contributed by atoms with E-state index in [-0.39, 0.29) is 10.7 Å². The number of halogens is 1. The van der Waals surface area contributed by atoms with Gasteiger partial charge in [-0.05, 0) is 124 Å². The molecule has 8 saturated carbocycles. The molecule has 8 bridgehead atoms. The van der Waals surface area contributed by atoms with Gasteiger partial charge in [0.15, 0.2) is 0 Å². The Labute approximate surface area is 151 Å². The van der Waals surface area contributed by atoms with Crippen molar-refractivity contribution in [1.82, 2.24) is 0 Å². The zero-order chi connectivity index (χ0) is 16.5. The summed E-state index contributed by atoms with van der Waals surface area (Å²) in [5, 5.41) is -0.0356. The topological polar surface area (TPSA) is 43.1 Å². The average Bonchev–Trinajstić information content (AvgIpc) is 2.43. The molecule has 0 aromatic carbocycles. The van der Waals surface area contributed by atoms with Crippen molar-refractivity contribution >= 4 is 16.8 Å². The molecular weight excluding hydrogens is 318 g/mol. The lowest BCUT2D eigenvalue weighted by molar-refractivity contribution is -0.135. The monoisotopic (exact) mass is 349 g/mol. The molecule has 0 atom stereocenters. The molecule has 8 fully saturated rings. The Morgan fingerprint density at radius 3 is 1.21 bits per heavy atom. The van der Waals surface area contributed by atoms with E-state index in [0.29, 0.717) is 5.54 Å². The molecule has 0 aliphatic heterocycles.